The Morgan fingerprint density at radius 3 is 2.04 bits per heavy atom. The number of ketones is 1. The summed E-state index contributed by atoms with van der Waals surface area (Å²) < 4.78 is 5.57. The molecule has 5 heteroatoms. The lowest BCUT2D eigenvalue weighted by Crippen LogP contribution is -2.49. The smallest absolute Gasteiger partial charge is 0.310 e. The van der Waals surface area contributed by atoms with E-state index in [9.17, 15) is 14.4 Å². The van der Waals surface area contributed by atoms with Crippen LogP contribution in [0.25, 0.3) is 0 Å². The van der Waals surface area contributed by atoms with Gasteiger partial charge in [-0.25, -0.2) is 0 Å². The maximum atomic E-state index is 12.8. The Bertz CT molecular complexity index is 726. The van der Waals surface area contributed by atoms with E-state index in [0.717, 1.165) is 37.5 Å². The van der Waals surface area contributed by atoms with Crippen molar-refractivity contribution in [3.8, 4) is 0 Å². The fourth-order valence-corrected chi connectivity index (χ4v) is 5.65. The molecule has 0 saturated heterocycles. The van der Waals surface area contributed by atoms with Gasteiger partial charge in [0.15, 0.2) is 11.9 Å². The minimum Gasteiger partial charge on any atom is -0.452 e. The summed E-state index contributed by atoms with van der Waals surface area (Å²) in [6.07, 6.45) is 5.11. The van der Waals surface area contributed by atoms with Gasteiger partial charge in [0, 0.05) is 11.3 Å². The van der Waals surface area contributed by atoms with Crippen molar-refractivity contribution in [3.63, 3.8) is 0 Å². The molecule has 5 rings (SSSR count). The summed E-state index contributed by atoms with van der Waals surface area (Å²) in [4.78, 5) is 36.5. The Morgan fingerprint density at radius 2 is 1.52 bits per heavy atom. The molecule has 4 bridgehead atoms. The topological polar surface area (TPSA) is 72.5 Å². The number of carbonyl (C=O) groups excluding carboxylic acids is 3. The third-order valence-corrected chi connectivity index (χ3v) is 6.72. The number of Topliss-reactive ketones (excluding diaryl/α,β-unsaturated/α-hetero) is 1. The van der Waals surface area contributed by atoms with Gasteiger partial charge in [-0.05, 0) is 93.9 Å². The van der Waals surface area contributed by atoms with E-state index in [1.807, 2.05) is 0 Å². The molecule has 0 radical (unpaired) electrons. The zero-order valence-electron chi connectivity index (χ0n) is 15.9. The molecule has 0 aromatic heterocycles. The molecule has 144 valence electrons. The number of esters is 1. The highest BCUT2D eigenvalue weighted by molar-refractivity contribution is 5.97. The monoisotopic (exact) mass is 369 g/mol. The second kappa shape index (κ2) is 7.10. The summed E-state index contributed by atoms with van der Waals surface area (Å²) in [6, 6.07) is 6.70. The Hall–Kier alpha value is -2.17. The maximum absolute atomic E-state index is 12.8. The first-order valence-electron chi connectivity index (χ1n) is 10.0. The SMILES string of the molecule is CC(=O)c1ccc(NC(=O)C(C)OC(=O)C2C3CC4CC(C3)CC2C4)cc1. The molecule has 1 N–H and O–H groups in total. The summed E-state index contributed by atoms with van der Waals surface area (Å²) in [7, 11) is 0. The minimum atomic E-state index is -0.831. The third-order valence-electron chi connectivity index (χ3n) is 6.72. The maximum Gasteiger partial charge on any atom is 0.310 e. The highest BCUT2D eigenvalue weighted by Crippen LogP contribution is 2.56. The van der Waals surface area contributed by atoms with Crippen LogP contribution in [0.15, 0.2) is 24.3 Å². The van der Waals surface area contributed by atoms with Crippen molar-refractivity contribution in [1.29, 1.82) is 0 Å². The van der Waals surface area contributed by atoms with Gasteiger partial charge in [-0.3, -0.25) is 14.4 Å². The molecule has 5 nitrogen and oxygen atoms in total. The standard InChI is InChI=1S/C22H27NO4/c1-12(24)16-3-5-19(6-4-16)23-21(25)13(2)27-22(26)20-17-8-14-7-15(10-17)11-18(20)9-14/h3-6,13-15,17-18,20H,7-11H2,1-2H3,(H,23,25). The van der Waals surface area contributed by atoms with Crippen LogP contribution in [-0.4, -0.2) is 23.8 Å². The lowest BCUT2D eigenvalue weighted by atomic mass is 9.52. The number of carbonyl (C=O) groups is 3. The van der Waals surface area contributed by atoms with E-state index in [1.165, 1.54) is 13.3 Å². The van der Waals surface area contributed by atoms with Crippen LogP contribution in [0, 0.1) is 29.6 Å². The summed E-state index contributed by atoms with van der Waals surface area (Å²) >= 11 is 0. The van der Waals surface area contributed by atoms with E-state index < -0.39 is 6.10 Å². The van der Waals surface area contributed by atoms with E-state index >= 15 is 0 Å². The number of anilines is 1. The molecule has 4 aliphatic carbocycles. The number of benzene rings is 1. The van der Waals surface area contributed by atoms with Crippen molar-refractivity contribution < 1.29 is 19.1 Å². The average molecular weight is 369 g/mol. The number of hydrogen-bond donors (Lipinski definition) is 1. The Kier molecular flexibility index (Phi) is 4.79. The molecule has 0 heterocycles. The third kappa shape index (κ3) is 3.64. The molecular weight excluding hydrogens is 342 g/mol. The molecule has 1 aromatic rings. The van der Waals surface area contributed by atoms with Crippen LogP contribution in [-0.2, 0) is 14.3 Å². The second-order valence-electron chi connectivity index (χ2n) is 8.66. The first-order chi connectivity index (χ1) is 12.9. The average Bonchev–Trinajstić information content (AvgIpc) is 2.61. The van der Waals surface area contributed by atoms with Crippen LogP contribution in [0.4, 0.5) is 5.69 Å². The van der Waals surface area contributed by atoms with Crippen molar-refractivity contribution in [3.05, 3.63) is 29.8 Å². The van der Waals surface area contributed by atoms with Crippen molar-refractivity contribution in [2.45, 2.75) is 52.1 Å². The van der Waals surface area contributed by atoms with Gasteiger partial charge < -0.3 is 10.1 Å². The van der Waals surface area contributed by atoms with E-state index in [4.69, 9.17) is 4.74 Å². The molecule has 0 aliphatic heterocycles. The zero-order chi connectivity index (χ0) is 19.1. The van der Waals surface area contributed by atoms with Gasteiger partial charge >= 0.3 is 5.97 Å². The highest BCUT2D eigenvalue weighted by Gasteiger charge is 2.51. The van der Waals surface area contributed by atoms with Crippen LogP contribution >= 0.6 is 0 Å². The van der Waals surface area contributed by atoms with Crippen molar-refractivity contribution in [2.24, 2.45) is 29.6 Å². The predicted molar refractivity (Wildman–Crippen MR) is 101 cm³/mol. The Labute approximate surface area is 159 Å². The number of amides is 1. The van der Waals surface area contributed by atoms with Gasteiger partial charge in [-0.2, -0.15) is 0 Å². The highest BCUT2D eigenvalue weighted by atomic mass is 16.5. The summed E-state index contributed by atoms with van der Waals surface area (Å²) in [5.74, 6) is 1.91. The van der Waals surface area contributed by atoms with Gasteiger partial charge in [-0.15, -0.1) is 0 Å². The first kappa shape index (κ1) is 18.2. The minimum absolute atomic E-state index is 0.0224. The molecule has 0 spiro atoms. The fourth-order valence-electron chi connectivity index (χ4n) is 5.65. The van der Waals surface area contributed by atoms with Crippen LogP contribution in [0.5, 0.6) is 0 Å². The summed E-state index contributed by atoms with van der Waals surface area (Å²) in [6.45, 7) is 3.12. The van der Waals surface area contributed by atoms with Gasteiger partial charge in [0.1, 0.15) is 0 Å². The van der Waals surface area contributed by atoms with Crippen LogP contribution in [0.1, 0.15) is 56.3 Å². The molecule has 4 aliphatic rings. The van der Waals surface area contributed by atoms with E-state index in [2.05, 4.69) is 5.32 Å². The largest absolute Gasteiger partial charge is 0.452 e. The second-order valence-corrected chi connectivity index (χ2v) is 8.66. The lowest BCUT2D eigenvalue weighted by molar-refractivity contribution is -0.169. The van der Waals surface area contributed by atoms with Crippen LogP contribution < -0.4 is 5.32 Å². The van der Waals surface area contributed by atoms with Gasteiger partial charge in [0.2, 0.25) is 0 Å². The molecule has 1 unspecified atom stereocenters. The normalized spacial score (nSPS) is 32.0. The van der Waals surface area contributed by atoms with Crippen molar-refractivity contribution in [2.75, 3.05) is 5.32 Å². The summed E-state index contributed by atoms with van der Waals surface area (Å²) in [5, 5.41) is 2.75. The number of rotatable bonds is 5. The van der Waals surface area contributed by atoms with Gasteiger partial charge in [-0.1, -0.05) is 0 Å². The van der Waals surface area contributed by atoms with Gasteiger partial charge in [0.05, 0.1) is 5.92 Å². The number of ether oxygens (including phenoxy) is 1. The lowest BCUT2D eigenvalue weighted by Gasteiger charge is -2.53. The number of nitrogens with one attached hydrogen (secondary N) is 1. The van der Waals surface area contributed by atoms with Crippen molar-refractivity contribution in [1.82, 2.24) is 0 Å². The molecule has 27 heavy (non-hydrogen) atoms. The fraction of sp³-hybridized carbons (Fsp3) is 0.591. The molecule has 4 fully saturated rings. The Balaban J connectivity index is 1.34. The van der Waals surface area contributed by atoms with E-state index in [-0.39, 0.29) is 23.6 Å². The molecule has 4 saturated carbocycles. The molecular formula is C22H27NO4. The molecule has 1 aromatic carbocycles. The van der Waals surface area contributed by atoms with Gasteiger partial charge in [0.25, 0.3) is 5.91 Å². The zero-order valence-corrected chi connectivity index (χ0v) is 15.9. The quantitative estimate of drug-likeness (QED) is 0.632. The van der Waals surface area contributed by atoms with E-state index in [0.29, 0.717) is 23.1 Å². The Morgan fingerprint density at radius 1 is 0.963 bits per heavy atom. The predicted octanol–water partition coefficient (Wildman–Crippen LogP) is 3.83. The van der Waals surface area contributed by atoms with Crippen LogP contribution in [0.3, 0.4) is 0 Å². The van der Waals surface area contributed by atoms with E-state index in [1.54, 1.807) is 31.2 Å². The van der Waals surface area contributed by atoms with Crippen molar-refractivity contribution >= 4 is 23.3 Å². The first-order valence-corrected chi connectivity index (χ1v) is 10.0. The summed E-state index contributed by atoms with van der Waals surface area (Å²) in [5.41, 5.74) is 1.18. The van der Waals surface area contributed by atoms with Crippen LogP contribution in [0.2, 0.25) is 0 Å². The molecule has 1 amide bonds. The molecule has 1 atom stereocenters. The number of hydrogen-bond acceptors (Lipinski definition) is 4.